The summed E-state index contributed by atoms with van der Waals surface area (Å²) in [6.45, 7) is 0.807. The molecule has 2 aromatic rings. The number of halogens is 1. The largest absolute Gasteiger partial charge is 0.324 e. The van der Waals surface area contributed by atoms with Crippen molar-refractivity contribution in [3.05, 3.63) is 41.1 Å². The van der Waals surface area contributed by atoms with E-state index in [1.54, 1.807) is 17.3 Å². The Kier molecular flexibility index (Phi) is 3.16. The van der Waals surface area contributed by atoms with Gasteiger partial charge in [0.05, 0.1) is 4.47 Å². The van der Waals surface area contributed by atoms with Gasteiger partial charge < -0.3 is 10.2 Å². The van der Waals surface area contributed by atoms with Crippen LogP contribution in [0.2, 0.25) is 0 Å². The topological polar surface area (TPSA) is 58.1 Å². The lowest BCUT2D eigenvalue weighted by molar-refractivity contribution is -0.122. The predicted octanol–water partition coefficient (Wildman–Crippen LogP) is 2.72. The molecule has 0 spiro atoms. The fourth-order valence-corrected chi connectivity index (χ4v) is 2.02. The normalized spacial score (nSPS) is 14.2. The number of anilines is 3. The number of hydrogen-bond donors (Lipinski definition) is 1. The highest BCUT2D eigenvalue weighted by molar-refractivity contribution is 9.10. The van der Waals surface area contributed by atoms with Gasteiger partial charge in [-0.1, -0.05) is 0 Å². The first kappa shape index (κ1) is 12.1. The second kappa shape index (κ2) is 4.97. The van der Waals surface area contributed by atoms with E-state index >= 15 is 0 Å². The van der Waals surface area contributed by atoms with Gasteiger partial charge in [0.2, 0.25) is 11.9 Å². The van der Waals surface area contributed by atoms with Gasteiger partial charge in [-0.05, 0) is 40.2 Å². The van der Waals surface area contributed by atoms with Gasteiger partial charge in [0, 0.05) is 36.7 Å². The van der Waals surface area contributed by atoms with E-state index in [1.165, 1.54) is 0 Å². The smallest absolute Gasteiger partial charge is 0.228 e. The molecule has 2 heterocycles. The van der Waals surface area contributed by atoms with Crippen molar-refractivity contribution < 1.29 is 4.79 Å². The van der Waals surface area contributed by atoms with Crippen molar-refractivity contribution in [2.45, 2.75) is 6.42 Å². The van der Waals surface area contributed by atoms with Crippen LogP contribution < -0.4 is 10.2 Å². The SMILES string of the molecule is O=C1CCN1c1ccc(Nc2ncc(Br)cn2)cc1. The Morgan fingerprint density at radius 2 is 1.84 bits per heavy atom. The lowest BCUT2D eigenvalue weighted by Gasteiger charge is -2.30. The zero-order valence-corrected chi connectivity index (χ0v) is 11.6. The molecule has 0 unspecified atom stereocenters. The van der Waals surface area contributed by atoms with Gasteiger partial charge in [0.25, 0.3) is 0 Å². The summed E-state index contributed by atoms with van der Waals surface area (Å²) in [5.41, 5.74) is 1.82. The number of β-lactam (4-membered cyclic amide) rings is 1. The average Bonchev–Trinajstić information content (AvgIpc) is 2.42. The van der Waals surface area contributed by atoms with Crippen LogP contribution >= 0.6 is 15.9 Å². The highest BCUT2D eigenvalue weighted by atomic mass is 79.9. The molecule has 1 aliphatic heterocycles. The molecule has 96 valence electrons. The highest BCUT2D eigenvalue weighted by Gasteiger charge is 2.24. The van der Waals surface area contributed by atoms with E-state index in [0.717, 1.165) is 22.4 Å². The fraction of sp³-hybridized carbons (Fsp3) is 0.154. The minimum Gasteiger partial charge on any atom is -0.324 e. The molecule has 19 heavy (non-hydrogen) atoms. The number of carbonyl (C=O) groups excluding carboxylic acids is 1. The van der Waals surface area contributed by atoms with Crippen LogP contribution in [0, 0.1) is 0 Å². The molecule has 0 radical (unpaired) electrons. The van der Waals surface area contributed by atoms with E-state index < -0.39 is 0 Å². The number of aromatic nitrogens is 2. The maximum absolute atomic E-state index is 11.3. The van der Waals surface area contributed by atoms with E-state index in [9.17, 15) is 4.79 Å². The van der Waals surface area contributed by atoms with Gasteiger partial charge in [-0.3, -0.25) is 4.79 Å². The third kappa shape index (κ3) is 2.58. The van der Waals surface area contributed by atoms with Gasteiger partial charge in [0.1, 0.15) is 0 Å². The second-order valence-electron chi connectivity index (χ2n) is 4.19. The third-order valence-electron chi connectivity index (χ3n) is 2.91. The van der Waals surface area contributed by atoms with E-state index in [0.29, 0.717) is 12.4 Å². The summed E-state index contributed by atoms with van der Waals surface area (Å²) in [7, 11) is 0. The van der Waals surface area contributed by atoms with Crippen LogP contribution in [0.25, 0.3) is 0 Å². The number of nitrogens with zero attached hydrogens (tertiary/aromatic N) is 3. The van der Waals surface area contributed by atoms with Crippen LogP contribution in [-0.4, -0.2) is 22.4 Å². The van der Waals surface area contributed by atoms with Crippen molar-refractivity contribution >= 4 is 39.2 Å². The molecule has 0 saturated carbocycles. The molecular weight excluding hydrogens is 308 g/mol. The summed E-state index contributed by atoms with van der Waals surface area (Å²) >= 11 is 3.29. The van der Waals surface area contributed by atoms with Gasteiger partial charge in [-0.2, -0.15) is 0 Å². The summed E-state index contributed by atoms with van der Waals surface area (Å²) in [5.74, 6) is 0.716. The first-order valence-corrected chi connectivity index (χ1v) is 6.67. The standard InChI is InChI=1S/C13H11BrN4O/c14-9-7-15-13(16-8-9)17-10-1-3-11(4-2-10)18-6-5-12(18)19/h1-4,7-8H,5-6H2,(H,15,16,17). The lowest BCUT2D eigenvalue weighted by atomic mass is 10.1. The zero-order chi connectivity index (χ0) is 13.2. The maximum Gasteiger partial charge on any atom is 0.228 e. The van der Waals surface area contributed by atoms with Crippen molar-refractivity contribution in [1.82, 2.24) is 9.97 Å². The van der Waals surface area contributed by atoms with Crippen LogP contribution in [0.1, 0.15) is 6.42 Å². The molecule has 1 amide bonds. The second-order valence-corrected chi connectivity index (χ2v) is 5.11. The molecule has 1 aromatic carbocycles. The van der Waals surface area contributed by atoms with Gasteiger partial charge in [-0.15, -0.1) is 0 Å². The maximum atomic E-state index is 11.3. The van der Waals surface area contributed by atoms with Crippen molar-refractivity contribution in [2.24, 2.45) is 0 Å². The summed E-state index contributed by atoms with van der Waals surface area (Å²) in [6, 6.07) is 7.65. The lowest BCUT2D eigenvalue weighted by Crippen LogP contribution is -2.43. The Bertz CT molecular complexity index is 597. The first-order chi connectivity index (χ1) is 9.22. The van der Waals surface area contributed by atoms with Crippen molar-refractivity contribution in [3.8, 4) is 0 Å². The predicted molar refractivity (Wildman–Crippen MR) is 76.4 cm³/mol. The van der Waals surface area contributed by atoms with Crippen molar-refractivity contribution in [2.75, 3.05) is 16.8 Å². The molecule has 0 aliphatic carbocycles. The van der Waals surface area contributed by atoms with E-state index in [1.807, 2.05) is 24.3 Å². The molecule has 1 saturated heterocycles. The number of benzene rings is 1. The van der Waals surface area contributed by atoms with Crippen molar-refractivity contribution in [1.29, 1.82) is 0 Å². The summed E-state index contributed by atoms with van der Waals surface area (Å²) < 4.78 is 0.838. The monoisotopic (exact) mass is 318 g/mol. The Balaban J connectivity index is 1.72. The number of amides is 1. The molecular formula is C13H11BrN4O. The molecule has 1 aliphatic rings. The zero-order valence-electron chi connectivity index (χ0n) is 10.0. The molecule has 6 heteroatoms. The summed E-state index contributed by atoms with van der Waals surface area (Å²) in [4.78, 5) is 21.4. The number of rotatable bonds is 3. The fourth-order valence-electron chi connectivity index (χ4n) is 1.82. The molecule has 1 aromatic heterocycles. The average molecular weight is 319 g/mol. The van der Waals surface area contributed by atoms with Crippen LogP contribution in [0.15, 0.2) is 41.1 Å². The van der Waals surface area contributed by atoms with Crippen molar-refractivity contribution in [3.63, 3.8) is 0 Å². The first-order valence-electron chi connectivity index (χ1n) is 5.87. The van der Waals surface area contributed by atoms with Crippen LogP contribution in [0.3, 0.4) is 0 Å². The van der Waals surface area contributed by atoms with Gasteiger partial charge >= 0.3 is 0 Å². The summed E-state index contributed by atoms with van der Waals surface area (Å²) in [5, 5.41) is 3.10. The Morgan fingerprint density at radius 1 is 1.16 bits per heavy atom. The molecule has 5 nitrogen and oxygen atoms in total. The Labute approximate surface area is 118 Å². The Morgan fingerprint density at radius 3 is 2.37 bits per heavy atom. The highest BCUT2D eigenvalue weighted by Crippen LogP contribution is 2.24. The number of nitrogens with one attached hydrogen (secondary N) is 1. The molecule has 0 atom stereocenters. The molecule has 0 bridgehead atoms. The molecule has 1 N–H and O–H groups in total. The third-order valence-corrected chi connectivity index (χ3v) is 3.32. The minimum absolute atomic E-state index is 0.178. The quantitative estimate of drug-likeness (QED) is 0.884. The van der Waals surface area contributed by atoms with E-state index in [-0.39, 0.29) is 5.91 Å². The van der Waals surface area contributed by atoms with E-state index in [2.05, 4.69) is 31.2 Å². The number of carbonyl (C=O) groups is 1. The van der Waals surface area contributed by atoms with Gasteiger partial charge in [-0.25, -0.2) is 9.97 Å². The minimum atomic E-state index is 0.178. The number of hydrogen-bond acceptors (Lipinski definition) is 4. The molecule has 1 fully saturated rings. The van der Waals surface area contributed by atoms with Crippen LogP contribution in [0.5, 0.6) is 0 Å². The van der Waals surface area contributed by atoms with Gasteiger partial charge in [0.15, 0.2) is 0 Å². The Hall–Kier alpha value is -1.95. The molecule has 3 rings (SSSR count). The van der Waals surface area contributed by atoms with Crippen LogP contribution in [0.4, 0.5) is 17.3 Å². The van der Waals surface area contributed by atoms with E-state index in [4.69, 9.17) is 0 Å². The van der Waals surface area contributed by atoms with Crippen LogP contribution in [-0.2, 0) is 4.79 Å². The summed E-state index contributed by atoms with van der Waals surface area (Å²) in [6.07, 6.45) is 4.01.